The Kier molecular flexibility index (Phi) is 9.26. The van der Waals surface area contributed by atoms with Gasteiger partial charge in [-0.05, 0) is 60.8 Å². The number of thiocarbonyl (C=S) groups is 2. The van der Waals surface area contributed by atoms with E-state index in [4.69, 9.17) is 45.4 Å². The molecule has 0 bridgehead atoms. The summed E-state index contributed by atoms with van der Waals surface area (Å²) in [5.41, 5.74) is 18.9. The summed E-state index contributed by atoms with van der Waals surface area (Å²) in [6.45, 7) is 0.546. The molecule has 0 spiro atoms. The topological polar surface area (TPSA) is 132 Å². The van der Waals surface area contributed by atoms with Gasteiger partial charge >= 0.3 is 0 Å². The normalized spacial score (nSPS) is 10.8. The fourth-order valence-corrected chi connectivity index (χ4v) is 2.87. The number of ether oxygens (including phenoxy) is 2. The number of nitrogens with zero attached hydrogens (tertiary/aromatic N) is 3. The van der Waals surface area contributed by atoms with Gasteiger partial charge in [0, 0.05) is 11.1 Å². The Hall–Kier alpha value is -4.09. The number of para-hydroxylation sites is 2. The number of hydrogen-bond donors (Lipinski definition) is 4. The van der Waals surface area contributed by atoms with Gasteiger partial charge in [0.05, 0.1) is 23.8 Å². The summed E-state index contributed by atoms with van der Waals surface area (Å²) in [4.78, 5) is 4.62. The zero-order chi connectivity index (χ0) is 24.2. The zero-order valence-electron chi connectivity index (χ0n) is 18.0. The number of benzene rings is 2. The van der Waals surface area contributed by atoms with E-state index in [2.05, 4.69) is 26.0 Å². The predicted molar refractivity (Wildman–Crippen MR) is 141 cm³/mol. The second-order valence-corrected chi connectivity index (χ2v) is 7.62. The third-order valence-corrected chi connectivity index (χ3v) is 4.39. The van der Waals surface area contributed by atoms with E-state index in [1.54, 1.807) is 12.4 Å². The minimum atomic E-state index is 0.0871. The Morgan fingerprint density at radius 3 is 1.62 bits per heavy atom. The fraction of sp³-hybridized carbons (Fsp3) is 0.0870. The molecule has 1 aromatic heterocycles. The molecule has 11 heteroatoms. The summed E-state index contributed by atoms with van der Waals surface area (Å²) in [7, 11) is 0. The Balaban J connectivity index is 1.62. The van der Waals surface area contributed by atoms with Crippen LogP contribution in [0.1, 0.15) is 22.5 Å². The van der Waals surface area contributed by atoms with Crippen LogP contribution in [0.3, 0.4) is 0 Å². The lowest BCUT2D eigenvalue weighted by atomic mass is 10.2. The van der Waals surface area contributed by atoms with Gasteiger partial charge in [-0.2, -0.15) is 10.2 Å². The van der Waals surface area contributed by atoms with Gasteiger partial charge < -0.3 is 20.9 Å². The molecule has 9 nitrogen and oxygen atoms in total. The van der Waals surface area contributed by atoms with Gasteiger partial charge in [-0.1, -0.05) is 30.3 Å². The summed E-state index contributed by atoms with van der Waals surface area (Å²) in [5.74, 6) is 1.30. The van der Waals surface area contributed by atoms with Crippen LogP contribution in [-0.2, 0) is 13.2 Å². The van der Waals surface area contributed by atoms with E-state index in [1.165, 1.54) is 0 Å². The van der Waals surface area contributed by atoms with E-state index in [-0.39, 0.29) is 23.4 Å². The van der Waals surface area contributed by atoms with Crippen LogP contribution in [0.5, 0.6) is 11.5 Å². The highest BCUT2D eigenvalue weighted by molar-refractivity contribution is 7.80. The smallest absolute Gasteiger partial charge is 0.184 e. The lowest BCUT2D eigenvalue weighted by molar-refractivity contribution is 0.290. The molecule has 0 aliphatic carbocycles. The van der Waals surface area contributed by atoms with Crippen molar-refractivity contribution in [2.45, 2.75) is 13.2 Å². The van der Waals surface area contributed by atoms with Crippen LogP contribution in [0.4, 0.5) is 0 Å². The first-order valence-electron chi connectivity index (χ1n) is 10.1. The average Bonchev–Trinajstić information content (AvgIpc) is 2.83. The van der Waals surface area contributed by atoms with Crippen LogP contribution in [0.2, 0.25) is 0 Å². The monoisotopic (exact) mass is 493 g/mol. The molecule has 0 aliphatic heterocycles. The van der Waals surface area contributed by atoms with Crippen molar-refractivity contribution in [2.24, 2.45) is 21.7 Å². The van der Waals surface area contributed by atoms with Gasteiger partial charge in [0.1, 0.15) is 24.7 Å². The van der Waals surface area contributed by atoms with E-state index in [0.717, 1.165) is 22.5 Å². The first-order chi connectivity index (χ1) is 16.5. The number of aromatic nitrogens is 1. The standard InChI is InChI=1S/C23H23N7O2S2/c24-22(33)29-26-12-16-6-1-3-10-20(16)31-14-18-8-5-9-19(28-18)15-32-21-11-4-2-7-17(21)13-27-30-23(25)34/h1-13H,14-15H2,(H3,24,29,33)(H3,25,30,34)/b26-12-,27-13-. The largest absolute Gasteiger partial charge is 0.487 e. The maximum Gasteiger partial charge on any atom is 0.184 e. The lowest BCUT2D eigenvalue weighted by Gasteiger charge is -2.11. The number of nitrogens with two attached hydrogens (primary N) is 2. The molecule has 3 aromatic rings. The van der Waals surface area contributed by atoms with Crippen molar-refractivity contribution in [3.8, 4) is 11.5 Å². The molecule has 0 saturated carbocycles. The molecule has 3 rings (SSSR count). The maximum absolute atomic E-state index is 5.95. The van der Waals surface area contributed by atoms with Crippen molar-refractivity contribution in [1.29, 1.82) is 0 Å². The molecule has 0 aliphatic rings. The molecule has 0 unspecified atom stereocenters. The zero-order valence-corrected chi connectivity index (χ0v) is 19.7. The molecule has 6 N–H and O–H groups in total. The maximum atomic E-state index is 5.95. The van der Waals surface area contributed by atoms with Crippen LogP contribution < -0.4 is 31.8 Å². The predicted octanol–water partition coefficient (Wildman–Crippen LogP) is 2.57. The highest BCUT2D eigenvalue weighted by Crippen LogP contribution is 2.19. The Labute approximate surface area is 207 Å². The molecule has 0 fully saturated rings. The number of hydrogen-bond acceptors (Lipinski definition) is 7. The molecule has 1 heterocycles. The Morgan fingerprint density at radius 1 is 0.735 bits per heavy atom. The third-order valence-electron chi connectivity index (χ3n) is 4.21. The summed E-state index contributed by atoms with van der Waals surface area (Å²) in [6, 6.07) is 20.6. The summed E-state index contributed by atoms with van der Waals surface area (Å²) in [6.07, 6.45) is 3.17. The molecular weight excluding hydrogens is 470 g/mol. The number of pyridine rings is 1. The van der Waals surface area contributed by atoms with Crippen molar-refractivity contribution in [2.75, 3.05) is 0 Å². The minimum Gasteiger partial charge on any atom is -0.487 e. The average molecular weight is 494 g/mol. The number of nitrogens with one attached hydrogen (secondary N) is 2. The van der Waals surface area contributed by atoms with Crippen LogP contribution in [-0.4, -0.2) is 27.6 Å². The second-order valence-electron chi connectivity index (χ2n) is 6.74. The fourth-order valence-electron chi connectivity index (χ4n) is 2.76. The van der Waals surface area contributed by atoms with Gasteiger partial charge in [0.2, 0.25) is 0 Å². The Bertz CT molecular complexity index is 1110. The first kappa shape index (κ1) is 24.6. The SMILES string of the molecule is NC(=S)N/N=C\c1ccccc1OCc1cccc(COc2ccccc2/C=N\NC(N)=S)n1. The summed E-state index contributed by atoms with van der Waals surface area (Å²) in [5, 5.41) is 8.13. The lowest BCUT2D eigenvalue weighted by Crippen LogP contribution is -2.24. The quantitative estimate of drug-likeness (QED) is 0.191. The van der Waals surface area contributed by atoms with Crippen LogP contribution in [0.25, 0.3) is 0 Å². The van der Waals surface area contributed by atoms with Crippen LogP contribution in [0, 0.1) is 0 Å². The van der Waals surface area contributed by atoms with Gasteiger partial charge in [-0.25, -0.2) is 0 Å². The van der Waals surface area contributed by atoms with E-state index in [9.17, 15) is 0 Å². The summed E-state index contributed by atoms with van der Waals surface area (Å²) < 4.78 is 11.9. The van der Waals surface area contributed by atoms with E-state index < -0.39 is 0 Å². The molecule has 0 atom stereocenters. The van der Waals surface area contributed by atoms with Gasteiger partial charge in [-0.15, -0.1) is 0 Å². The van der Waals surface area contributed by atoms with Gasteiger partial charge in [0.25, 0.3) is 0 Å². The van der Waals surface area contributed by atoms with E-state index in [1.807, 2.05) is 66.7 Å². The number of hydrazone groups is 2. The molecule has 34 heavy (non-hydrogen) atoms. The van der Waals surface area contributed by atoms with Gasteiger partial charge in [-0.3, -0.25) is 15.8 Å². The van der Waals surface area contributed by atoms with Crippen molar-refractivity contribution < 1.29 is 9.47 Å². The molecule has 0 radical (unpaired) electrons. The molecule has 0 saturated heterocycles. The molecular formula is C23H23N7O2S2. The van der Waals surface area contributed by atoms with Crippen LogP contribution in [0.15, 0.2) is 76.9 Å². The first-order valence-corrected chi connectivity index (χ1v) is 10.9. The van der Waals surface area contributed by atoms with Gasteiger partial charge in [0.15, 0.2) is 10.2 Å². The molecule has 0 amide bonds. The van der Waals surface area contributed by atoms with Crippen molar-refractivity contribution >= 4 is 47.1 Å². The minimum absolute atomic E-state index is 0.0871. The second kappa shape index (κ2) is 12.8. The highest BCUT2D eigenvalue weighted by Gasteiger charge is 2.06. The Morgan fingerprint density at radius 2 is 1.18 bits per heavy atom. The van der Waals surface area contributed by atoms with Crippen LogP contribution >= 0.6 is 24.4 Å². The number of rotatable bonds is 10. The molecule has 174 valence electrons. The van der Waals surface area contributed by atoms with Crippen molar-refractivity contribution in [3.63, 3.8) is 0 Å². The van der Waals surface area contributed by atoms with Crippen molar-refractivity contribution in [3.05, 3.63) is 89.2 Å². The third kappa shape index (κ3) is 8.11. The van der Waals surface area contributed by atoms with Crippen molar-refractivity contribution in [1.82, 2.24) is 15.8 Å². The summed E-state index contributed by atoms with van der Waals surface area (Å²) >= 11 is 9.49. The van der Waals surface area contributed by atoms with E-state index in [0.29, 0.717) is 11.5 Å². The molecule has 2 aromatic carbocycles. The highest BCUT2D eigenvalue weighted by atomic mass is 32.1. The van der Waals surface area contributed by atoms with E-state index >= 15 is 0 Å².